The molecule has 1 aromatic rings. The van der Waals surface area contributed by atoms with Crippen LogP contribution in [0.2, 0.25) is 0 Å². The SMILES string of the molecule is CC(C)CCNC(=O)N1CCC(=O)c2nc(N(C)C)ccc21. The third kappa shape index (κ3) is 3.55. The van der Waals surface area contributed by atoms with E-state index in [0.717, 1.165) is 6.42 Å². The predicted molar refractivity (Wildman–Crippen MR) is 87.7 cm³/mol. The van der Waals surface area contributed by atoms with Gasteiger partial charge in [-0.1, -0.05) is 13.8 Å². The van der Waals surface area contributed by atoms with Gasteiger partial charge in [-0.25, -0.2) is 9.78 Å². The summed E-state index contributed by atoms with van der Waals surface area (Å²) < 4.78 is 0. The highest BCUT2D eigenvalue weighted by Gasteiger charge is 2.28. The second-order valence-electron chi connectivity index (χ2n) is 6.17. The van der Waals surface area contributed by atoms with Gasteiger partial charge < -0.3 is 10.2 Å². The van der Waals surface area contributed by atoms with E-state index >= 15 is 0 Å². The summed E-state index contributed by atoms with van der Waals surface area (Å²) >= 11 is 0. The summed E-state index contributed by atoms with van der Waals surface area (Å²) in [6.45, 7) is 5.28. The van der Waals surface area contributed by atoms with Crippen molar-refractivity contribution < 1.29 is 9.59 Å². The lowest BCUT2D eigenvalue weighted by atomic mass is 10.1. The molecule has 0 spiro atoms. The number of hydrogen-bond acceptors (Lipinski definition) is 4. The molecule has 0 aromatic carbocycles. The summed E-state index contributed by atoms with van der Waals surface area (Å²) in [5, 5.41) is 2.91. The van der Waals surface area contributed by atoms with Crippen LogP contribution in [-0.2, 0) is 0 Å². The first-order valence-corrected chi connectivity index (χ1v) is 7.67. The average molecular weight is 304 g/mol. The van der Waals surface area contributed by atoms with Crippen molar-refractivity contribution in [2.75, 3.05) is 37.0 Å². The fourth-order valence-corrected chi connectivity index (χ4v) is 2.34. The number of nitrogens with one attached hydrogen (secondary N) is 1. The zero-order chi connectivity index (χ0) is 16.3. The highest BCUT2D eigenvalue weighted by Crippen LogP contribution is 2.27. The molecular formula is C16H24N4O2. The molecule has 2 rings (SSSR count). The molecule has 0 fully saturated rings. The van der Waals surface area contributed by atoms with Crippen LogP contribution in [0.15, 0.2) is 12.1 Å². The minimum absolute atomic E-state index is 0.00932. The van der Waals surface area contributed by atoms with E-state index < -0.39 is 0 Å². The van der Waals surface area contributed by atoms with Crippen LogP contribution in [0.4, 0.5) is 16.3 Å². The van der Waals surface area contributed by atoms with E-state index in [-0.39, 0.29) is 11.8 Å². The average Bonchev–Trinajstić information content (AvgIpc) is 2.46. The molecule has 0 atom stereocenters. The molecular weight excluding hydrogens is 280 g/mol. The van der Waals surface area contributed by atoms with Gasteiger partial charge in [-0.3, -0.25) is 9.69 Å². The Kier molecular flexibility index (Phi) is 5.00. The predicted octanol–water partition coefficient (Wildman–Crippen LogP) is 2.30. The first kappa shape index (κ1) is 16.3. The van der Waals surface area contributed by atoms with Crippen LogP contribution >= 0.6 is 0 Å². The Morgan fingerprint density at radius 3 is 2.77 bits per heavy atom. The van der Waals surface area contributed by atoms with Gasteiger partial charge in [0, 0.05) is 33.6 Å². The summed E-state index contributed by atoms with van der Waals surface area (Å²) in [4.78, 5) is 32.3. The Bertz CT molecular complexity index is 569. The Morgan fingerprint density at radius 2 is 2.14 bits per heavy atom. The molecule has 22 heavy (non-hydrogen) atoms. The van der Waals surface area contributed by atoms with E-state index in [1.165, 1.54) is 0 Å². The number of ketones is 1. The van der Waals surface area contributed by atoms with E-state index in [1.807, 2.05) is 25.1 Å². The number of carbonyl (C=O) groups is 2. The van der Waals surface area contributed by atoms with Gasteiger partial charge in [-0.2, -0.15) is 0 Å². The zero-order valence-electron chi connectivity index (χ0n) is 13.7. The number of pyridine rings is 1. The molecule has 2 amide bonds. The van der Waals surface area contributed by atoms with Crippen LogP contribution in [0.3, 0.4) is 0 Å². The van der Waals surface area contributed by atoms with Crippen molar-refractivity contribution in [2.45, 2.75) is 26.7 Å². The molecule has 2 heterocycles. The highest BCUT2D eigenvalue weighted by molar-refractivity contribution is 6.07. The smallest absolute Gasteiger partial charge is 0.321 e. The molecule has 6 nitrogen and oxygen atoms in total. The quantitative estimate of drug-likeness (QED) is 0.927. The van der Waals surface area contributed by atoms with E-state index in [1.54, 1.807) is 11.0 Å². The van der Waals surface area contributed by atoms with E-state index in [9.17, 15) is 9.59 Å². The van der Waals surface area contributed by atoms with Crippen LogP contribution in [-0.4, -0.2) is 44.0 Å². The maximum absolute atomic E-state index is 12.3. The van der Waals surface area contributed by atoms with Gasteiger partial charge in [0.15, 0.2) is 5.78 Å². The van der Waals surface area contributed by atoms with E-state index in [4.69, 9.17) is 0 Å². The van der Waals surface area contributed by atoms with Gasteiger partial charge in [0.1, 0.15) is 11.5 Å². The van der Waals surface area contributed by atoms with Crippen molar-refractivity contribution in [2.24, 2.45) is 5.92 Å². The molecule has 0 bridgehead atoms. The minimum Gasteiger partial charge on any atom is -0.363 e. The molecule has 1 aliphatic heterocycles. The lowest BCUT2D eigenvalue weighted by molar-refractivity contribution is 0.0976. The molecule has 0 saturated heterocycles. The number of fused-ring (bicyclic) bond motifs is 1. The zero-order valence-corrected chi connectivity index (χ0v) is 13.7. The van der Waals surface area contributed by atoms with Crippen LogP contribution in [0.25, 0.3) is 0 Å². The van der Waals surface area contributed by atoms with Crippen molar-refractivity contribution in [1.29, 1.82) is 0 Å². The molecule has 6 heteroatoms. The topological polar surface area (TPSA) is 65.5 Å². The van der Waals surface area contributed by atoms with Gasteiger partial charge in [0.05, 0.1) is 5.69 Å². The van der Waals surface area contributed by atoms with E-state index in [0.29, 0.717) is 42.6 Å². The number of carbonyl (C=O) groups excluding carboxylic acids is 2. The number of nitrogens with zero attached hydrogens (tertiary/aromatic N) is 3. The lowest BCUT2D eigenvalue weighted by Gasteiger charge is -2.29. The van der Waals surface area contributed by atoms with Gasteiger partial charge in [-0.15, -0.1) is 0 Å². The molecule has 0 radical (unpaired) electrons. The van der Waals surface area contributed by atoms with Crippen LogP contribution in [0.1, 0.15) is 37.2 Å². The Labute approximate surface area is 131 Å². The van der Waals surface area contributed by atoms with Crippen molar-refractivity contribution in [1.82, 2.24) is 10.3 Å². The second-order valence-corrected chi connectivity index (χ2v) is 6.17. The van der Waals surface area contributed by atoms with Crippen LogP contribution in [0.5, 0.6) is 0 Å². The minimum atomic E-state index is -0.159. The third-order valence-electron chi connectivity index (χ3n) is 3.68. The van der Waals surface area contributed by atoms with E-state index in [2.05, 4.69) is 24.1 Å². The number of hydrogen-bond donors (Lipinski definition) is 1. The molecule has 0 unspecified atom stereocenters. The lowest BCUT2D eigenvalue weighted by Crippen LogP contribution is -2.44. The number of amides is 2. The van der Waals surface area contributed by atoms with Gasteiger partial charge in [-0.05, 0) is 24.5 Å². The number of urea groups is 1. The Morgan fingerprint density at radius 1 is 1.41 bits per heavy atom. The van der Waals surface area contributed by atoms with Crippen molar-refractivity contribution in [3.8, 4) is 0 Å². The fraction of sp³-hybridized carbons (Fsp3) is 0.562. The monoisotopic (exact) mass is 304 g/mol. The van der Waals surface area contributed by atoms with Crippen molar-refractivity contribution in [3.05, 3.63) is 17.8 Å². The summed E-state index contributed by atoms with van der Waals surface area (Å²) in [5.74, 6) is 1.25. The maximum Gasteiger partial charge on any atom is 0.321 e. The number of anilines is 2. The molecule has 0 saturated carbocycles. The van der Waals surface area contributed by atoms with Crippen LogP contribution in [0, 0.1) is 5.92 Å². The summed E-state index contributed by atoms with van der Waals surface area (Å²) in [7, 11) is 3.75. The van der Waals surface area contributed by atoms with Gasteiger partial charge >= 0.3 is 6.03 Å². The molecule has 0 aliphatic carbocycles. The number of aromatic nitrogens is 1. The summed E-state index contributed by atoms with van der Waals surface area (Å²) in [6, 6.07) is 3.47. The largest absolute Gasteiger partial charge is 0.363 e. The Hall–Kier alpha value is -2.11. The number of Topliss-reactive ketones (excluding diaryl/α,β-unsaturated/α-hetero) is 1. The van der Waals surface area contributed by atoms with Gasteiger partial charge in [0.2, 0.25) is 0 Å². The van der Waals surface area contributed by atoms with Crippen molar-refractivity contribution >= 4 is 23.3 Å². The molecule has 1 N–H and O–H groups in total. The third-order valence-corrected chi connectivity index (χ3v) is 3.68. The van der Waals surface area contributed by atoms with Crippen molar-refractivity contribution in [3.63, 3.8) is 0 Å². The first-order valence-electron chi connectivity index (χ1n) is 7.67. The highest BCUT2D eigenvalue weighted by atomic mass is 16.2. The number of rotatable bonds is 4. The fourth-order valence-electron chi connectivity index (χ4n) is 2.34. The normalized spacial score (nSPS) is 14.0. The maximum atomic E-state index is 12.3. The Balaban J connectivity index is 2.18. The summed E-state index contributed by atoms with van der Waals surface area (Å²) in [5.41, 5.74) is 0.986. The molecule has 1 aromatic heterocycles. The summed E-state index contributed by atoms with van der Waals surface area (Å²) in [6.07, 6.45) is 1.25. The first-order chi connectivity index (χ1) is 10.4. The van der Waals surface area contributed by atoms with Gasteiger partial charge in [0.25, 0.3) is 0 Å². The standard InChI is InChI=1S/C16H24N4O2/c1-11(2)7-9-17-16(22)20-10-8-13(21)15-12(20)5-6-14(18-15)19(3)4/h5-6,11H,7-10H2,1-4H3,(H,17,22). The van der Waals surface area contributed by atoms with Crippen LogP contribution < -0.4 is 15.1 Å². The molecule has 1 aliphatic rings. The molecule has 120 valence electrons. The second kappa shape index (κ2) is 6.77.